The summed E-state index contributed by atoms with van der Waals surface area (Å²) in [5, 5.41) is 4.17. The van der Waals surface area contributed by atoms with Crippen LogP contribution in [0.1, 0.15) is 11.3 Å². The molecule has 0 aliphatic carbocycles. The largest absolute Gasteiger partial charge is 0.384 e. The lowest BCUT2D eigenvalue weighted by molar-refractivity contribution is 0.180. The minimum absolute atomic E-state index is 0.525. The van der Waals surface area contributed by atoms with Crippen LogP contribution >= 0.6 is 0 Å². The number of nitrogen functional groups attached to an aromatic ring is 1. The molecule has 0 amide bonds. The van der Waals surface area contributed by atoms with Gasteiger partial charge in [0.1, 0.15) is 5.82 Å². The fourth-order valence-corrected chi connectivity index (χ4v) is 0.974. The monoisotopic (exact) mass is 155 g/mol. The van der Waals surface area contributed by atoms with Crippen LogP contribution in [0.3, 0.4) is 0 Å². The van der Waals surface area contributed by atoms with Gasteiger partial charge in [0, 0.05) is 19.7 Å². The molecule has 11 heavy (non-hydrogen) atoms. The first-order valence-electron chi connectivity index (χ1n) is 3.43. The Hall–Kier alpha value is -1.03. The predicted octanol–water partition coefficient (Wildman–Crippen LogP) is 0.457. The summed E-state index contributed by atoms with van der Waals surface area (Å²) in [4.78, 5) is 0. The lowest BCUT2D eigenvalue weighted by Crippen LogP contribution is -1.97. The van der Waals surface area contributed by atoms with Gasteiger partial charge in [-0.05, 0) is 6.92 Å². The van der Waals surface area contributed by atoms with Crippen LogP contribution in [-0.2, 0) is 18.4 Å². The van der Waals surface area contributed by atoms with E-state index in [-0.39, 0.29) is 0 Å². The minimum Gasteiger partial charge on any atom is -0.384 e. The van der Waals surface area contributed by atoms with Gasteiger partial charge in [0.25, 0.3) is 0 Å². The van der Waals surface area contributed by atoms with E-state index in [1.807, 2.05) is 14.0 Å². The molecule has 0 aliphatic heterocycles. The maximum absolute atomic E-state index is 5.68. The van der Waals surface area contributed by atoms with Crippen LogP contribution in [0, 0.1) is 6.92 Å². The van der Waals surface area contributed by atoms with E-state index in [0.29, 0.717) is 12.4 Å². The summed E-state index contributed by atoms with van der Waals surface area (Å²) in [5.74, 6) is 0.706. The molecular formula is C7H13N3O. The molecule has 1 heterocycles. The molecule has 1 aromatic heterocycles. The Balaban J connectivity index is 2.98. The van der Waals surface area contributed by atoms with Gasteiger partial charge in [-0.25, -0.2) is 0 Å². The summed E-state index contributed by atoms with van der Waals surface area (Å²) in [5.41, 5.74) is 7.60. The van der Waals surface area contributed by atoms with Gasteiger partial charge in [0.2, 0.25) is 0 Å². The van der Waals surface area contributed by atoms with Gasteiger partial charge in [-0.1, -0.05) is 0 Å². The molecular weight excluding hydrogens is 142 g/mol. The summed E-state index contributed by atoms with van der Waals surface area (Å²) in [6.07, 6.45) is 0. The molecule has 0 aromatic carbocycles. The standard InChI is InChI=1S/C7H13N3O/c1-5-6(4-11-3)9-10(2)7(5)8/h4,8H2,1-3H3. The average molecular weight is 155 g/mol. The van der Waals surface area contributed by atoms with Crippen molar-refractivity contribution >= 4 is 5.82 Å². The molecule has 0 saturated carbocycles. The molecule has 0 fully saturated rings. The van der Waals surface area contributed by atoms with Crippen molar-refractivity contribution in [2.75, 3.05) is 12.8 Å². The van der Waals surface area contributed by atoms with Crippen molar-refractivity contribution in [3.05, 3.63) is 11.3 Å². The Kier molecular flexibility index (Phi) is 2.14. The van der Waals surface area contributed by atoms with Crippen molar-refractivity contribution < 1.29 is 4.74 Å². The number of methoxy groups -OCH3 is 1. The highest BCUT2D eigenvalue weighted by atomic mass is 16.5. The Labute approximate surface area is 66.0 Å². The van der Waals surface area contributed by atoms with E-state index >= 15 is 0 Å². The van der Waals surface area contributed by atoms with Crippen molar-refractivity contribution in [3.63, 3.8) is 0 Å². The Bertz CT molecular complexity index is 254. The van der Waals surface area contributed by atoms with Crippen molar-refractivity contribution in [3.8, 4) is 0 Å². The van der Waals surface area contributed by atoms with E-state index in [1.54, 1.807) is 11.8 Å². The second kappa shape index (κ2) is 2.92. The lowest BCUT2D eigenvalue weighted by atomic mass is 10.3. The van der Waals surface area contributed by atoms with Crippen molar-refractivity contribution in [2.24, 2.45) is 7.05 Å². The SMILES string of the molecule is COCc1nn(C)c(N)c1C. The van der Waals surface area contributed by atoms with E-state index < -0.39 is 0 Å². The maximum atomic E-state index is 5.68. The zero-order valence-electron chi connectivity index (χ0n) is 7.09. The zero-order chi connectivity index (χ0) is 8.43. The lowest BCUT2D eigenvalue weighted by Gasteiger charge is -1.93. The van der Waals surface area contributed by atoms with E-state index in [0.717, 1.165) is 11.3 Å². The van der Waals surface area contributed by atoms with Crippen LogP contribution in [0.2, 0.25) is 0 Å². The first kappa shape index (κ1) is 8.07. The quantitative estimate of drug-likeness (QED) is 0.675. The van der Waals surface area contributed by atoms with Crippen LogP contribution < -0.4 is 5.73 Å². The molecule has 0 aliphatic rings. The maximum Gasteiger partial charge on any atom is 0.124 e. The summed E-state index contributed by atoms with van der Waals surface area (Å²) >= 11 is 0. The molecule has 1 aromatic rings. The van der Waals surface area contributed by atoms with Crippen LogP contribution in [0.15, 0.2) is 0 Å². The van der Waals surface area contributed by atoms with Crippen molar-refractivity contribution in [1.29, 1.82) is 0 Å². The zero-order valence-corrected chi connectivity index (χ0v) is 7.09. The Morgan fingerprint density at radius 1 is 1.64 bits per heavy atom. The number of hydrogen-bond acceptors (Lipinski definition) is 3. The predicted molar refractivity (Wildman–Crippen MR) is 43.1 cm³/mol. The van der Waals surface area contributed by atoms with Gasteiger partial charge in [0.15, 0.2) is 0 Å². The van der Waals surface area contributed by atoms with Gasteiger partial charge in [0.05, 0.1) is 12.3 Å². The van der Waals surface area contributed by atoms with E-state index in [9.17, 15) is 0 Å². The van der Waals surface area contributed by atoms with Crippen LogP contribution in [0.5, 0.6) is 0 Å². The van der Waals surface area contributed by atoms with E-state index in [1.165, 1.54) is 0 Å². The summed E-state index contributed by atoms with van der Waals surface area (Å²) in [6.45, 7) is 2.47. The molecule has 0 radical (unpaired) electrons. The number of nitrogens with zero attached hydrogens (tertiary/aromatic N) is 2. The van der Waals surface area contributed by atoms with Crippen LogP contribution in [-0.4, -0.2) is 16.9 Å². The summed E-state index contributed by atoms with van der Waals surface area (Å²) in [6, 6.07) is 0. The third kappa shape index (κ3) is 1.35. The number of aryl methyl sites for hydroxylation is 1. The third-order valence-corrected chi connectivity index (χ3v) is 1.72. The highest BCUT2D eigenvalue weighted by molar-refractivity contribution is 5.41. The number of hydrogen-bond donors (Lipinski definition) is 1. The molecule has 0 saturated heterocycles. The van der Waals surface area contributed by atoms with Gasteiger partial charge in [-0.3, -0.25) is 4.68 Å². The Morgan fingerprint density at radius 2 is 2.27 bits per heavy atom. The minimum atomic E-state index is 0.525. The van der Waals surface area contributed by atoms with E-state index in [2.05, 4.69) is 5.10 Å². The number of nitrogens with two attached hydrogens (primary N) is 1. The molecule has 62 valence electrons. The molecule has 0 atom stereocenters. The fraction of sp³-hybridized carbons (Fsp3) is 0.571. The van der Waals surface area contributed by atoms with Crippen molar-refractivity contribution in [1.82, 2.24) is 9.78 Å². The number of rotatable bonds is 2. The molecule has 0 unspecified atom stereocenters. The second-order valence-corrected chi connectivity index (χ2v) is 2.51. The number of ether oxygens (including phenoxy) is 1. The average Bonchev–Trinajstić information content (AvgIpc) is 2.19. The summed E-state index contributed by atoms with van der Waals surface area (Å²) in [7, 11) is 3.46. The van der Waals surface area contributed by atoms with Gasteiger partial charge in [-0.2, -0.15) is 5.10 Å². The number of anilines is 1. The highest BCUT2D eigenvalue weighted by Gasteiger charge is 2.07. The van der Waals surface area contributed by atoms with Gasteiger partial charge < -0.3 is 10.5 Å². The molecule has 4 heteroatoms. The second-order valence-electron chi connectivity index (χ2n) is 2.51. The van der Waals surface area contributed by atoms with Gasteiger partial charge >= 0.3 is 0 Å². The normalized spacial score (nSPS) is 10.5. The molecule has 0 spiro atoms. The molecule has 0 bridgehead atoms. The fourth-order valence-electron chi connectivity index (χ4n) is 0.974. The van der Waals surface area contributed by atoms with Crippen LogP contribution in [0.4, 0.5) is 5.82 Å². The highest BCUT2D eigenvalue weighted by Crippen LogP contribution is 2.14. The topological polar surface area (TPSA) is 53.1 Å². The van der Waals surface area contributed by atoms with Gasteiger partial charge in [-0.15, -0.1) is 0 Å². The smallest absolute Gasteiger partial charge is 0.124 e. The first-order valence-corrected chi connectivity index (χ1v) is 3.43. The van der Waals surface area contributed by atoms with Crippen molar-refractivity contribution in [2.45, 2.75) is 13.5 Å². The molecule has 4 nitrogen and oxygen atoms in total. The third-order valence-electron chi connectivity index (χ3n) is 1.72. The summed E-state index contributed by atoms with van der Waals surface area (Å²) < 4.78 is 6.60. The molecule has 2 N–H and O–H groups in total. The first-order chi connectivity index (χ1) is 5.16. The van der Waals surface area contributed by atoms with Crippen LogP contribution in [0.25, 0.3) is 0 Å². The Morgan fingerprint density at radius 3 is 2.64 bits per heavy atom. The van der Waals surface area contributed by atoms with E-state index in [4.69, 9.17) is 10.5 Å². The molecule has 1 rings (SSSR count). The number of aromatic nitrogens is 2.